The fourth-order valence-corrected chi connectivity index (χ4v) is 3.59. The average molecular weight is 331 g/mol. The van der Waals surface area contributed by atoms with Crippen LogP contribution in [-0.2, 0) is 19.5 Å². The molecular formula is C13H21N3O5S. The van der Waals surface area contributed by atoms with Gasteiger partial charge in [0.25, 0.3) is 5.91 Å². The molecule has 1 aromatic rings. The number of hydrogen-bond donors (Lipinski definition) is 2. The van der Waals surface area contributed by atoms with Gasteiger partial charge in [0.1, 0.15) is 10.6 Å². The zero-order chi connectivity index (χ0) is 16.2. The lowest BCUT2D eigenvalue weighted by molar-refractivity contribution is 0.0730. The van der Waals surface area contributed by atoms with E-state index in [0.29, 0.717) is 32.9 Å². The number of carbonyl (C=O) groups is 1. The molecule has 1 unspecified atom stereocenters. The molecule has 0 bridgehead atoms. The first kappa shape index (κ1) is 16.9. The summed E-state index contributed by atoms with van der Waals surface area (Å²) in [5.74, 6) is -0.368. The van der Waals surface area contributed by atoms with Crippen molar-refractivity contribution in [2.75, 3.05) is 40.0 Å². The van der Waals surface area contributed by atoms with E-state index in [0.717, 1.165) is 0 Å². The summed E-state index contributed by atoms with van der Waals surface area (Å²) < 4.78 is 36.3. The largest absolute Gasteiger partial charge is 0.383 e. The average Bonchev–Trinajstić information content (AvgIpc) is 2.99. The third kappa shape index (κ3) is 3.86. The summed E-state index contributed by atoms with van der Waals surface area (Å²) in [5, 5.41) is 2.72. The number of carbonyl (C=O) groups excluding carboxylic acids is 1. The molecule has 2 heterocycles. The van der Waals surface area contributed by atoms with Gasteiger partial charge in [-0.25, -0.2) is 8.42 Å². The second kappa shape index (κ2) is 7.23. The normalized spacial score (nSPS) is 18.1. The van der Waals surface area contributed by atoms with Crippen molar-refractivity contribution < 1.29 is 22.7 Å². The van der Waals surface area contributed by atoms with Gasteiger partial charge in [-0.05, 0) is 13.0 Å². The Kier molecular flexibility index (Phi) is 5.57. The second-order valence-corrected chi connectivity index (χ2v) is 7.03. The number of morpholine rings is 1. The van der Waals surface area contributed by atoms with Crippen LogP contribution < -0.4 is 5.32 Å². The van der Waals surface area contributed by atoms with Gasteiger partial charge in [-0.3, -0.25) is 4.79 Å². The lowest BCUT2D eigenvalue weighted by Gasteiger charge is -2.25. The summed E-state index contributed by atoms with van der Waals surface area (Å²) in [6, 6.07) is 1.18. The topological polar surface area (TPSA) is 101 Å². The molecule has 0 saturated carbocycles. The number of rotatable bonds is 6. The van der Waals surface area contributed by atoms with Crippen LogP contribution in [0.15, 0.2) is 17.2 Å². The van der Waals surface area contributed by atoms with Crippen molar-refractivity contribution in [1.82, 2.24) is 14.6 Å². The highest BCUT2D eigenvalue weighted by molar-refractivity contribution is 7.89. The van der Waals surface area contributed by atoms with Crippen molar-refractivity contribution in [3.63, 3.8) is 0 Å². The molecule has 22 heavy (non-hydrogen) atoms. The van der Waals surface area contributed by atoms with Crippen LogP contribution in [-0.4, -0.2) is 69.7 Å². The highest BCUT2D eigenvalue weighted by Crippen LogP contribution is 2.18. The standard InChI is InChI=1S/C13H21N3O5S/c1-10(9-20-2)15-13(17)12-7-11(8-14-12)22(18,19)16-3-5-21-6-4-16/h7-8,10,14H,3-6,9H2,1-2H3,(H,15,17). The first-order valence-electron chi connectivity index (χ1n) is 7.01. The van der Waals surface area contributed by atoms with Crippen LogP contribution in [0.25, 0.3) is 0 Å². The molecule has 1 aromatic heterocycles. The number of aromatic nitrogens is 1. The Morgan fingerprint density at radius 3 is 2.82 bits per heavy atom. The molecule has 1 atom stereocenters. The Balaban J connectivity index is 2.08. The lowest BCUT2D eigenvalue weighted by atomic mass is 10.3. The van der Waals surface area contributed by atoms with E-state index in [9.17, 15) is 13.2 Å². The zero-order valence-corrected chi connectivity index (χ0v) is 13.5. The highest BCUT2D eigenvalue weighted by Gasteiger charge is 2.28. The fourth-order valence-electron chi connectivity index (χ4n) is 2.18. The van der Waals surface area contributed by atoms with Gasteiger partial charge in [0, 0.05) is 32.4 Å². The van der Waals surface area contributed by atoms with E-state index in [2.05, 4.69) is 10.3 Å². The molecule has 9 heteroatoms. The van der Waals surface area contributed by atoms with E-state index >= 15 is 0 Å². The number of methoxy groups -OCH3 is 1. The maximum atomic E-state index is 12.4. The van der Waals surface area contributed by atoms with Crippen LogP contribution in [0.3, 0.4) is 0 Å². The quantitative estimate of drug-likeness (QED) is 0.752. The number of H-pyrrole nitrogens is 1. The molecule has 0 radical (unpaired) electrons. The summed E-state index contributed by atoms with van der Waals surface area (Å²) in [6.45, 7) is 3.58. The molecule has 2 N–H and O–H groups in total. The SMILES string of the molecule is COCC(C)NC(=O)c1cc(S(=O)(=O)N2CCOCC2)c[nH]1. The van der Waals surface area contributed by atoms with Gasteiger partial charge in [-0.1, -0.05) is 0 Å². The molecule has 1 amide bonds. The summed E-state index contributed by atoms with van der Waals surface area (Å²) in [5.41, 5.74) is 0.204. The molecule has 0 aromatic carbocycles. The predicted octanol–water partition coefficient (Wildman–Crippen LogP) is -0.200. The Hall–Kier alpha value is -1.42. The number of amides is 1. The molecule has 2 rings (SSSR count). The van der Waals surface area contributed by atoms with Crippen LogP contribution in [0.4, 0.5) is 0 Å². The first-order chi connectivity index (χ1) is 10.4. The molecule has 8 nitrogen and oxygen atoms in total. The molecule has 124 valence electrons. The summed E-state index contributed by atoms with van der Waals surface area (Å²) in [4.78, 5) is 14.8. The minimum Gasteiger partial charge on any atom is -0.383 e. The van der Waals surface area contributed by atoms with Gasteiger partial charge in [-0.2, -0.15) is 4.31 Å². The van der Waals surface area contributed by atoms with Crippen LogP contribution >= 0.6 is 0 Å². The lowest BCUT2D eigenvalue weighted by Crippen LogP contribution is -2.40. The van der Waals surface area contributed by atoms with Crippen molar-refractivity contribution in [1.29, 1.82) is 0 Å². The maximum Gasteiger partial charge on any atom is 0.268 e. The van der Waals surface area contributed by atoms with Crippen molar-refractivity contribution in [2.45, 2.75) is 17.9 Å². The molecule has 0 spiro atoms. The van der Waals surface area contributed by atoms with Gasteiger partial charge >= 0.3 is 0 Å². The van der Waals surface area contributed by atoms with E-state index in [1.54, 1.807) is 14.0 Å². The summed E-state index contributed by atoms with van der Waals surface area (Å²) in [7, 11) is -2.05. The summed E-state index contributed by atoms with van der Waals surface area (Å²) >= 11 is 0. The second-order valence-electron chi connectivity index (χ2n) is 5.10. The van der Waals surface area contributed by atoms with Gasteiger partial charge < -0.3 is 19.8 Å². The monoisotopic (exact) mass is 331 g/mol. The fraction of sp³-hybridized carbons (Fsp3) is 0.615. The molecule has 1 fully saturated rings. The minimum absolute atomic E-state index is 0.0824. The van der Waals surface area contributed by atoms with Crippen molar-refractivity contribution in [2.24, 2.45) is 0 Å². The third-order valence-electron chi connectivity index (χ3n) is 3.30. The van der Waals surface area contributed by atoms with E-state index in [1.165, 1.54) is 16.6 Å². The van der Waals surface area contributed by atoms with Gasteiger partial charge in [0.2, 0.25) is 10.0 Å². The van der Waals surface area contributed by atoms with Crippen LogP contribution in [0.1, 0.15) is 17.4 Å². The smallest absolute Gasteiger partial charge is 0.268 e. The van der Waals surface area contributed by atoms with Gasteiger partial charge in [0.15, 0.2) is 0 Å². The molecule has 1 aliphatic rings. The number of aromatic amines is 1. The van der Waals surface area contributed by atoms with Crippen molar-refractivity contribution >= 4 is 15.9 Å². The van der Waals surface area contributed by atoms with Crippen LogP contribution in [0.5, 0.6) is 0 Å². The summed E-state index contributed by atoms with van der Waals surface area (Å²) in [6.07, 6.45) is 1.33. The number of sulfonamides is 1. The number of nitrogens with one attached hydrogen (secondary N) is 2. The molecular weight excluding hydrogens is 310 g/mol. The van der Waals surface area contributed by atoms with Crippen molar-refractivity contribution in [3.8, 4) is 0 Å². The predicted molar refractivity (Wildman–Crippen MR) is 79.2 cm³/mol. The zero-order valence-electron chi connectivity index (χ0n) is 12.7. The molecule has 1 saturated heterocycles. The Labute approximate surface area is 129 Å². The van der Waals surface area contributed by atoms with Crippen molar-refractivity contribution in [3.05, 3.63) is 18.0 Å². The van der Waals surface area contributed by atoms with Crippen LogP contribution in [0.2, 0.25) is 0 Å². The van der Waals surface area contributed by atoms with E-state index < -0.39 is 10.0 Å². The molecule has 1 aliphatic heterocycles. The molecule has 0 aliphatic carbocycles. The van der Waals surface area contributed by atoms with Crippen LogP contribution in [0, 0.1) is 0 Å². The first-order valence-corrected chi connectivity index (χ1v) is 8.45. The maximum absolute atomic E-state index is 12.4. The highest BCUT2D eigenvalue weighted by atomic mass is 32.2. The third-order valence-corrected chi connectivity index (χ3v) is 5.18. The Bertz CT molecular complexity index is 607. The van der Waals surface area contributed by atoms with E-state index in [4.69, 9.17) is 9.47 Å². The van der Waals surface area contributed by atoms with Gasteiger partial charge in [-0.15, -0.1) is 0 Å². The van der Waals surface area contributed by atoms with E-state index in [1.807, 2.05) is 0 Å². The van der Waals surface area contributed by atoms with E-state index in [-0.39, 0.29) is 22.5 Å². The van der Waals surface area contributed by atoms with Gasteiger partial charge in [0.05, 0.1) is 19.8 Å². The number of nitrogens with zero attached hydrogens (tertiary/aromatic N) is 1. The number of hydrogen-bond acceptors (Lipinski definition) is 5. The minimum atomic E-state index is -3.60. The Morgan fingerprint density at radius 1 is 1.50 bits per heavy atom. The number of ether oxygens (including phenoxy) is 2. The Morgan fingerprint density at radius 2 is 2.18 bits per heavy atom.